The van der Waals surface area contributed by atoms with Crippen LogP contribution in [0.25, 0.3) is 10.9 Å². The Balaban J connectivity index is 1.72. The molecule has 0 aliphatic carbocycles. The van der Waals surface area contributed by atoms with Gasteiger partial charge in [0.25, 0.3) is 5.91 Å². The summed E-state index contributed by atoms with van der Waals surface area (Å²) in [5.74, 6) is -0.261. The van der Waals surface area contributed by atoms with Gasteiger partial charge in [-0.25, -0.2) is 0 Å². The lowest BCUT2D eigenvalue weighted by molar-refractivity contribution is -0.116. The Morgan fingerprint density at radius 3 is 2.67 bits per heavy atom. The first-order valence-corrected chi connectivity index (χ1v) is 7.97. The van der Waals surface area contributed by atoms with Crippen LogP contribution in [0.1, 0.15) is 16.1 Å². The van der Waals surface area contributed by atoms with Gasteiger partial charge in [-0.15, -0.1) is 0 Å². The number of anilines is 1. The lowest BCUT2D eigenvalue weighted by Gasteiger charge is -2.16. The standard InChI is InChI=1S/C19H17N3O2/c23-17(21-13-6-2-1-3-7-13)12-22-16-9-5-4-8-14(16)15-10-11-20-19(24)18(15)22/h1-9H,10-12H2,(H,20,24)(H,21,23). The SMILES string of the molecule is O=C(Cn1c2c(c3ccccc31)CCNC2=O)Nc1ccccc1. The Labute approximate surface area is 139 Å². The van der Waals surface area contributed by atoms with Crippen LogP contribution in [-0.2, 0) is 17.8 Å². The van der Waals surface area contributed by atoms with Gasteiger partial charge >= 0.3 is 0 Å². The predicted octanol–water partition coefficient (Wildman–Crippen LogP) is 2.57. The average Bonchev–Trinajstić information content (AvgIpc) is 2.91. The van der Waals surface area contributed by atoms with Gasteiger partial charge in [-0.05, 0) is 30.2 Å². The van der Waals surface area contributed by atoms with E-state index in [1.54, 1.807) is 0 Å². The number of benzene rings is 2. The van der Waals surface area contributed by atoms with Crippen molar-refractivity contribution in [1.82, 2.24) is 9.88 Å². The van der Waals surface area contributed by atoms with Gasteiger partial charge in [0.2, 0.25) is 5.91 Å². The van der Waals surface area contributed by atoms with E-state index >= 15 is 0 Å². The van der Waals surface area contributed by atoms with Crippen LogP contribution in [0, 0.1) is 0 Å². The summed E-state index contributed by atoms with van der Waals surface area (Å²) in [5, 5.41) is 6.80. The molecule has 0 bridgehead atoms. The molecule has 120 valence electrons. The summed E-state index contributed by atoms with van der Waals surface area (Å²) < 4.78 is 1.82. The van der Waals surface area contributed by atoms with E-state index < -0.39 is 0 Å². The number of para-hydroxylation sites is 2. The van der Waals surface area contributed by atoms with Crippen LogP contribution in [0.15, 0.2) is 54.6 Å². The molecule has 0 radical (unpaired) electrons. The highest BCUT2D eigenvalue weighted by atomic mass is 16.2. The van der Waals surface area contributed by atoms with E-state index in [1.807, 2.05) is 59.2 Å². The zero-order valence-electron chi connectivity index (χ0n) is 13.1. The molecule has 0 saturated heterocycles. The van der Waals surface area contributed by atoms with E-state index in [0.29, 0.717) is 12.2 Å². The van der Waals surface area contributed by atoms with Crippen LogP contribution in [0.3, 0.4) is 0 Å². The molecule has 24 heavy (non-hydrogen) atoms. The second-order valence-corrected chi connectivity index (χ2v) is 5.85. The summed E-state index contributed by atoms with van der Waals surface area (Å²) in [6.07, 6.45) is 0.787. The highest BCUT2D eigenvalue weighted by molar-refractivity contribution is 6.04. The summed E-state index contributed by atoms with van der Waals surface area (Å²) in [6.45, 7) is 0.744. The number of carbonyl (C=O) groups excluding carboxylic acids is 2. The van der Waals surface area contributed by atoms with Crippen LogP contribution in [-0.4, -0.2) is 22.9 Å². The van der Waals surface area contributed by atoms with Crippen LogP contribution in [0.4, 0.5) is 5.69 Å². The number of carbonyl (C=O) groups is 2. The third-order valence-electron chi connectivity index (χ3n) is 4.31. The second-order valence-electron chi connectivity index (χ2n) is 5.85. The lowest BCUT2D eigenvalue weighted by Crippen LogP contribution is -2.34. The normalized spacial score (nSPS) is 13.4. The van der Waals surface area contributed by atoms with E-state index in [-0.39, 0.29) is 18.4 Å². The summed E-state index contributed by atoms with van der Waals surface area (Å²) in [7, 11) is 0. The van der Waals surface area contributed by atoms with Gasteiger partial charge in [0.05, 0.1) is 0 Å². The van der Waals surface area contributed by atoms with Crippen molar-refractivity contribution in [2.24, 2.45) is 0 Å². The monoisotopic (exact) mass is 319 g/mol. The molecule has 2 aromatic carbocycles. The molecule has 3 aromatic rings. The summed E-state index contributed by atoms with van der Waals surface area (Å²) >= 11 is 0. The molecule has 0 fully saturated rings. The number of aromatic nitrogens is 1. The molecule has 0 unspecified atom stereocenters. The fraction of sp³-hybridized carbons (Fsp3) is 0.158. The first kappa shape index (κ1) is 14.5. The third kappa shape index (κ3) is 2.44. The van der Waals surface area contributed by atoms with Gasteiger partial charge in [0.15, 0.2) is 0 Å². The molecular weight excluding hydrogens is 302 g/mol. The van der Waals surface area contributed by atoms with Gasteiger partial charge in [0, 0.05) is 23.1 Å². The van der Waals surface area contributed by atoms with Gasteiger partial charge in [-0.2, -0.15) is 0 Å². The Morgan fingerprint density at radius 2 is 1.83 bits per heavy atom. The highest BCUT2D eigenvalue weighted by Crippen LogP contribution is 2.28. The van der Waals surface area contributed by atoms with Gasteiger partial charge < -0.3 is 15.2 Å². The van der Waals surface area contributed by atoms with Crippen LogP contribution >= 0.6 is 0 Å². The van der Waals surface area contributed by atoms with Gasteiger partial charge in [0.1, 0.15) is 12.2 Å². The molecule has 0 saturated carbocycles. The number of hydrogen-bond donors (Lipinski definition) is 2. The molecule has 0 atom stereocenters. The Kier molecular flexibility index (Phi) is 3.54. The molecule has 5 heteroatoms. The maximum absolute atomic E-state index is 12.5. The topological polar surface area (TPSA) is 63.1 Å². The van der Waals surface area contributed by atoms with Crippen LogP contribution in [0.2, 0.25) is 0 Å². The minimum absolute atomic E-state index is 0.109. The lowest BCUT2D eigenvalue weighted by atomic mass is 10.0. The van der Waals surface area contributed by atoms with Crippen LogP contribution < -0.4 is 10.6 Å². The number of fused-ring (bicyclic) bond motifs is 3. The minimum atomic E-state index is -0.150. The number of nitrogens with zero attached hydrogens (tertiary/aromatic N) is 1. The fourth-order valence-corrected chi connectivity index (χ4v) is 3.30. The molecule has 4 rings (SSSR count). The van der Waals surface area contributed by atoms with E-state index in [9.17, 15) is 9.59 Å². The van der Waals surface area contributed by atoms with Crippen molar-refractivity contribution in [1.29, 1.82) is 0 Å². The molecule has 5 nitrogen and oxygen atoms in total. The van der Waals surface area contributed by atoms with E-state index in [0.717, 1.165) is 28.6 Å². The molecule has 2 N–H and O–H groups in total. The first-order valence-electron chi connectivity index (χ1n) is 7.97. The molecular formula is C19H17N3O2. The number of nitrogens with one attached hydrogen (secondary N) is 2. The number of rotatable bonds is 3. The van der Waals surface area contributed by atoms with Crippen molar-refractivity contribution in [3.8, 4) is 0 Å². The fourth-order valence-electron chi connectivity index (χ4n) is 3.30. The second kappa shape index (κ2) is 5.85. The number of hydrogen-bond acceptors (Lipinski definition) is 2. The maximum Gasteiger partial charge on any atom is 0.268 e. The average molecular weight is 319 g/mol. The Morgan fingerprint density at radius 1 is 1.08 bits per heavy atom. The van der Waals surface area contributed by atoms with Crippen molar-refractivity contribution in [2.45, 2.75) is 13.0 Å². The zero-order chi connectivity index (χ0) is 16.5. The Hall–Kier alpha value is -3.08. The van der Waals surface area contributed by atoms with Crippen molar-refractivity contribution >= 4 is 28.4 Å². The van der Waals surface area contributed by atoms with Crippen molar-refractivity contribution in [2.75, 3.05) is 11.9 Å². The largest absolute Gasteiger partial charge is 0.350 e. The summed E-state index contributed by atoms with van der Waals surface area (Å²) in [5.41, 5.74) is 3.30. The summed E-state index contributed by atoms with van der Waals surface area (Å²) in [6, 6.07) is 17.2. The van der Waals surface area contributed by atoms with Gasteiger partial charge in [-0.3, -0.25) is 9.59 Å². The van der Waals surface area contributed by atoms with Gasteiger partial charge in [-0.1, -0.05) is 36.4 Å². The molecule has 2 heterocycles. The molecule has 0 spiro atoms. The number of amides is 2. The third-order valence-corrected chi connectivity index (χ3v) is 4.31. The first-order chi connectivity index (χ1) is 11.7. The van der Waals surface area contributed by atoms with E-state index in [2.05, 4.69) is 10.6 Å². The van der Waals surface area contributed by atoms with Crippen LogP contribution in [0.5, 0.6) is 0 Å². The minimum Gasteiger partial charge on any atom is -0.350 e. The molecule has 1 aliphatic heterocycles. The highest BCUT2D eigenvalue weighted by Gasteiger charge is 2.26. The molecule has 2 amide bonds. The molecule has 1 aromatic heterocycles. The smallest absolute Gasteiger partial charge is 0.268 e. The van der Waals surface area contributed by atoms with E-state index in [4.69, 9.17) is 0 Å². The van der Waals surface area contributed by atoms with E-state index in [1.165, 1.54) is 0 Å². The van der Waals surface area contributed by atoms with Crippen molar-refractivity contribution in [3.05, 3.63) is 65.9 Å². The van der Waals surface area contributed by atoms with Crippen molar-refractivity contribution in [3.63, 3.8) is 0 Å². The maximum atomic E-state index is 12.5. The molecule has 1 aliphatic rings. The predicted molar refractivity (Wildman–Crippen MR) is 93.0 cm³/mol. The zero-order valence-corrected chi connectivity index (χ0v) is 13.1. The quantitative estimate of drug-likeness (QED) is 0.779. The van der Waals surface area contributed by atoms with Crippen molar-refractivity contribution < 1.29 is 9.59 Å². The Bertz CT molecular complexity index is 928. The summed E-state index contributed by atoms with van der Waals surface area (Å²) in [4.78, 5) is 24.8.